The van der Waals surface area contributed by atoms with Crippen LogP contribution in [-0.2, 0) is 7.05 Å². The van der Waals surface area contributed by atoms with Crippen molar-refractivity contribution in [2.45, 2.75) is 13.3 Å². The molecule has 1 N–H and O–H groups in total. The number of halogens is 4. The summed E-state index contributed by atoms with van der Waals surface area (Å²) >= 11 is 9.84. The minimum atomic E-state index is -2.72. The minimum absolute atomic E-state index is 0.0115. The summed E-state index contributed by atoms with van der Waals surface area (Å²) in [7, 11) is 3.91. The molecule has 0 radical (unpaired) electrons. The number of fused-ring (bicyclic) bond motifs is 1. The van der Waals surface area contributed by atoms with Crippen LogP contribution in [0.3, 0.4) is 0 Å². The van der Waals surface area contributed by atoms with Gasteiger partial charge >= 0.3 is 0 Å². The molecule has 7 nitrogen and oxygen atoms in total. The fourth-order valence-corrected chi connectivity index (χ4v) is 5.96. The smallest absolute Gasteiger partial charge is 0.295 e. The number of alkyl halides is 2. The number of hydrogen-bond donors (Lipinski definition) is 1. The van der Waals surface area contributed by atoms with E-state index in [1.54, 1.807) is 18.0 Å². The first-order valence-electron chi connectivity index (χ1n) is 9.66. The van der Waals surface area contributed by atoms with Gasteiger partial charge in [0.25, 0.3) is 6.43 Å². The van der Waals surface area contributed by atoms with Gasteiger partial charge in [-0.2, -0.15) is 0 Å². The standard InChI is InChI=1S/C20H20ClF2IN7PS/c1-10-9-29(2)18(25-10)11-5-6-12(14(7-11)30(3)33-4)26-13-8-15(21)27-19-16(13)28-20(17(22)23)31(19)32-24/h5-9,17,32H,1-4H3,(H,26,27). The third-order valence-corrected chi connectivity index (χ3v) is 8.02. The molecular formula is C20H20ClF2IN7PS. The molecule has 13 heteroatoms. The SMILES string of the molecule is CSN(C)c1cc(-c2nc(C)cn2C)ccc1Nc1cc(Cl)nc2c1nc(C(F)F)n2PI. The predicted octanol–water partition coefficient (Wildman–Crippen LogP) is 6.98. The number of hydrogen-bond acceptors (Lipinski definition) is 6. The molecule has 0 spiro atoms. The lowest BCUT2D eigenvalue weighted by Crippen LogP contribution is -2.09. The molecule has 33 heavy (non-hydrogen) atoms. The molecule has 1 aromatic carbocycles. The van der Waals surface area contributed by atoms with Crippen LogP contribution in [0, 0.1) is 6.92 Å². The van der Waals surface area contributed by atoms with Crippen molar-refractivity contribution in [1.82, 2.24) is 23.9 Å². The third kappa shape index (κ3) is 4.78. The molecule has 0 bridgehead atoms. The second-order valence-corrected chi connectivity index (χ2v) is 10.6. The Morgan fingerprint density at radius 3 is 2.58 bits per heavy atom. The summed E-state index contributed by atoms with van der Waals surface area (Å²) in [5.41, 5.74) is 4.75. The van der Waals surface area contributed by atoms with E-state index < -0.39 is 6.43 Å². The number of imidazole rings is 2. The van der Waals surface area contributed by atoms with Crippen LogP contribution in [-0.4, -0.2) is 37.2 Å². The number of nitrogens with zero attached hydrogens (tertiary/aromatic N) is 6. The highest BCUT2D eigenvalue weighted by Crippen LogP contribution is 2.40. The van der Waals surface area contributed by atoms with Crippen LogP contribution in [0.4, 0.5) is 25.8 Å². The summed E-state index contributed by atoms with van der Waals surface area (Å²) in [5.74, 6) is 0.532. The number of benzene rings is 1. The van der Waals surface area contributed by atoms with Gasteiger partial charge in [0, 0.05) is 38.2 Å². The number of aromatic nitrogens is 5. The first-order chi connectivity index (χ1) is 15.7. The molecule has 4 rings (SSSR count). The molecular weight excluding hydrogens is 602 g/mol. The molecule has 1 unspecified atom stereocenters. The van der Waals surface area contributed by atoms with E-state index in [1.165, 1.54) is 4.34 Å². The van der Waals surface area contributed by atoms with Crippen LogP contribution in [0.5, 0.6) is 0 Å². The Labute approximate surface area is 213 Å². The predicted molar refractivity (Wildman–Crippen MR) is 144 cm³/mol. The fraction of sp³-hybridized carbons (Fsp3) is 0.250. The summed E-state index contributed by atoms with van der Waals surface area (Å²) < 4.78 is 32.6. The van der Waals surface area contributed by atoms with Crippen LogP contribution < -0.4 is 9.62 Å². The van der Waals surface area contributed by atoms with Gasteiger partial charge in [-0.15, -0.1) is 0 Å². The average Bonchev–Trinajstić information content (AvgIpc) is 3.32. The number of nitrogens with one attached hydrogen (secondary N) is 1. The van der Waals surface area contributed by atoms with E-state index >= 15 is 0 Å². The molecule has 174 valence electrons. The van der Waals surface area contributed by atoms with Gasteiger partial charge in [-0.3, -0.25) is 4.34 Å². The molecule has 0 saturated heterocycles. The Morgan fingerprint density at radius 1 is 1.21 bits per heavy atom. The largest absolute Gasteiger partial charge is 0.352 e. The summed E-state index contributed by atoms with van der Waals surface area (Å²) in [6.45, 7) is 1.95. The van der Waals surface area contributed by atoms with Crippen molar-refractivity contribution in [3.8, 4) is 11.4 Å². The zero-order chi connectivity index (χ0) is 23.9. The van der Waals surface area contributed by atoms with Crippen molar-refractivity contribution in [2.75, 3.05) is 22.9 Å². The molecule has 0 amide bonds. The van der Waals surface area contributed by atoms with E-state index in [-0.39, 0.29) is 17.4 Å². The van der Waals surface area contributed by atoms with Crippen molar-refractivity contribution < 1.29 is 8.78 Å². The van der Waals surface area contributed by atoms with E-state index in [4.69, 9.17) is 11.6 Å². The average molecular weight is 622 g/mol. The first-order valence-corrected chi connectivity index (χ1v) is 15.3. The maximum Gasteiger partial charge on any atom is 0.295 e. The van der Waals surface area contributed by atoms with Crippen LogP contribution >= 0.6 is 52.0 Å². The lowest BCUT2D eigenvalue weighted by Gasteiger charge is -2.21. The normalized spacial score (nSPS) is 11.9. The summed E-state index contributed by atoms with van der Waals surface area (Å²) in [6.07, 6.45) is 1.24. The molecule has 0 aliphatic rings. The highest BCUT2D eigenvalue weighted by atomic mass is 127. The Morgan fingerprint density at radius 2 is 1.97 bits per heavy atom. The molecule has 3 aromatic heterocycles. The highest BCUT2D eigenvalue weighted by Gasteiger charge is 2.23. The number of anilines is 3. The zero-order valence-corrected chi connectivity index (χ0v) is 22.8. The molecule has 0 aliphatic carbocycles. The fourth-order valence-electron chi connectivity index (χ4n) is 3.52. The monoisotopic (exact) mass is 621 g/mol. The molecule has 0 fully saturated rings. The van der Waals surface area contributed by atoms with Crippen LogP contribution in [0.1, 0.15) is 17.9 Å². The summed E-state index contributed by atoms with van der Waals surface area (Å²) in [4.78, 5) is 13.1. The molecule has 3 heterocycles. The van der Waals surface area contributed by atoms with Gasteiger partial charge in [0.15, 0.2) is 11.5 Å². The summed E-state index contributed by atoms with van der Waals surface area (Å²) in [5, 5.41) is 3.54. The van der Waals surface area contributed by atoms with Crippen LogP contribution in [0.25, 0.3) is 22.6 Å². The van der Waals surface area contributed by atoms with E-state index in [2.05, 4.69) is 20.3 Å². The molecule has 0 aliphatic heterocycles. The Hall–Kier alpha value is -1.69. The number of rotatable bonds is 7. The Kier molecular flexibility index (Phi) is 7.32. The van der Waals surface area contributed by atoms with E-state index in [1.807, 2.05) is 82.6 Å². The quantitative estimate of drug-likeness (QED) is 0.104. The van der Waals surface area contributed by atoms with Crippen molar-refractivity contribution in [1.29, 1.82) is 0 Å². The zero-order valence-electron chi connectivity index (χ0n) is 18.1. The van der Waals surface area contributed by atoms with Gasteiger partial charge < -0.3 is 14.2 Å². The van der Waals surface area contributed by atoms with Gasteiger partial charge in [-0.25, -0.2) is 23.7 Å². The van der Waals surface area contributed by atoms with Crippen molar-refractivity contribution in [3.05, 3.63) is 47.1 Å². The lowest BCUT2D eigenvalue weighted by molar-refractivity contribution is 0.140. The maximum atomic E-state index is 13.6. The van der Waals surface area contributed by atoms with E-state index in [9.17, 15) is 8.78 Å². The van der Waals surface area contributed by atoms with Gasteiger partial charge in [0.1, 0.15) is 16.5 Å². The topological polar surface area (TPSA) is 63.8 Å². The number of aryl methyl sites for hydroxylation is 2. The third-order valence-electron chi connectivity index (χ3n) is 5.03. The minimum Gasteiger partial charge on any atom is -0.352 e. The van der Waals surface area contributed by atoms with E-state index in [0.29, 0.717) is 16.9 Å². The van der Waals surface area contributed by atoms with Gasteiger partial charge in [0.05, 0.1) is 29.1 Å². The van der Waals surface area contributed by atoms with Gasteiger partial charge in [0.2, 0.25) is 0 Å². The van der Waals surface area contributed by atoms with Crippen molar-refractivity contribution >= 4 is 80.2 Å². The highest BCUT2D eigenvalue weighted by molar-refractivity contribution is 14.2. The number of pyridine rings is 1. The van der Waals surface area contributed by atoms with Gasteiger partial charge in [-0.1, -0.05) is 23.5 Å². The van der Waals surface area contributed by atoms with Crippen LogP contribution in [0.2, 0.25) is 5.15 Å². The van der Waals surface area contributed by atoms with Crippen molar-refractivity contribution in [3.63, 3.8) is 0 Å². The lowest BCUT2D eigenvalue weighted by atomic mass is 10.1. The second-order valence-electron chi connectivity index (χ2n) is 7.21. The molecule has 4 aromatic rings. The van der Waals surface area contributed by atoms with Gasteiger partial charge in [-0.05, 0) is 47.2 Å². The molecule has 1 atom stereocenters. The Bertz CT molecular complexity index is 1330. The van der Waals surface area contributed by atoms with Crippen LogP contribution in [0.15, 0.2) is 30.5 Å². The van der Waals surface area contributed by atoms with Crippen molar-refractivity contribution in [2.24, 2.45) is 7.05 Å². The first kappa shape index (κ1) is 24.4. The summed E-state index contributed by atoms with van der Waals surface area (Å²) in [6, 6.07) is 7.55. The molecule has 0 saturated carbocycles. The van der Waals surface area contributed by atoms with E-state index in [0.717, 1.165) is 28.5 Å². The Balaban J connectivity index is 1.84. The maximum absolute atomic E-state index is 13.6. The second kappa shape index (κ2) is 9.89.